The van der Waals surface area contributed by atoms with Crippen LogP contribution in [0.3, 0.4) is 0 Å². The molecule has 5 heteroatoms. The SMILES string of the molecule is CCC1(c2ccc(F)cn2)CN=C(N)N1c1ccccc1. The summed E-state index contributed by atoms with van der Waals surface area (Å²) in [5.74, 6) is 0.123. The predicted molar refractivity (Wildman–Crippen MR) is 81.6 cm³/mol. The Balaban J connectivity index is 2.11. The van der Waals surface area contributed by atoms with Crippen molar-refractivity contribution in [1.29, 1.82) is 0 Å². The van der Waals surface area contributed by atoms with Crippen molar-refractivity contribution in [2.24, 2.45) is 10.7 Å². The van der Waals surface area contributed by atoms with E-state index in [2.05, 4.69) is 16.9 Å². The second-order valence-electron chi connectivity index (χ2n) is 5.09. The van der Waals surface area contributed by atoms with Crippen LogP contribution in [-0.2, 0) is 5.54 Å². The topological polar surface area (TPSA) is 54.5 Å². The Morgan fingerprint density at radius 3 is 2.62 bits per heavy atom. The number of pyridine rings is 1. The summed E-state index contributed by atoms with van der Waals surface area (Å²) in [6.07, 6.45) is 2.01. The van der Waals surface area contributed by atoms with Gasteiger partial charge in [0.2, 0.25) is 0 Å². The number of nitrogens with zero attached hydrogens (tertiary/aromatic N) is 3. The van der Waals surface area contributed by atoms with Crippen LogP contribution in [0.2, 0.25) is 0 Å². The second-order valence-corrected chi connectivity index (χ2v) is 5.09. The van der Waals surface area contributed by atoms with Crippen molar-refractivity contribution in [3.63, 3.8) is 0 Å². The summed E-state index contributed by atoms with van der Waals surface area (Å²) in [5.41, 5.74) is 7.38. The Hall–Kier alpha value is -2.43. The van der Waals surface area contributed by atoms with E-state index in [0.717, 1.165) is 17.8 Å². The molecule has 2 aromatic rings. The number of guanidine groups is 1. The molecular weight excluding hydrogens is 267 g/mol. The van der Waals surface area contributed by atoms with Gasteiger partial charge in [0.25, 0.3) is 0 Å². The van der Waals surface area contributed by atoms with Gasteiger partial charge in [0, 0.05) is 5.69 Å². The predicted octanol–water partition coefficient (Wildman–Crippen LogP) is 2.66. The lowest BCUT2D eigenvalue weighted by Gasteiger charge is -2.38. The normalized spacial score (nSPS) is 21.4. The first kappa shape index (κ1) is 13.5. The number of hydrogen-bond acceptors (Lipinski definition) is 4. The molecule has 1 aliphatic rings. The summed E-state index contributed by atoms with van der Waals surface area (Å²) >= 11 is 0. The summed E-state index contributed by atoms with van der Waals surface area (Å²) < 4.78 is 13.2. The molecule has 2 N–H and O–H groups in total. The zero-order valence-electron chi connectivity index (χ0n) is 11.8. The molecule has 0 saturated heterocycles. The molecule has 1 aromatic carbocycles. The standard InChI is InChI=1S/C16H17FN4/c1-2-16(14-9-8-12(17)10-19-14)11-20-15(18)21(16)13-6-4-3-5-7-13/h3-10H,2,11H2,1H3,(H2,18,20). The van der Waals surface area contributed by atoms with Crippen molar-refractivity contribution < 1.29 is 4.39 Å². The smallest absolute Gasteiger partial charge is 0.196 e. The first-order valence-corrected chi connectivity index (χ1v) is 6.94. The van der Waals surface area contributed by atoms with E-state index in [0.29, 0.717) is 12.5 Å². The summed E-state index contributed by atoms with van der Waals surface area (Å²) in [6, 6.07) is 13.0. The summed E-state index contributed by atoms with van der Waals surface area (Å²) in [5, 5.41) is 0. The van der Waals surface area contributed by atoms with E-state index in [1.807, 2.05) is 35.2 Å². The Morgan fingerprint density at radius 2 is 2.00 bits per heavy atom. The molecule has 0 amide bonds. The Labute approximate surface area is 123 Å². The number of para-hydroxylation sites is 1. The van der Waals surface area contributed by atoms with Crippen molar-refractivity contribution in [2.45, 2.75) is 18.9 Å². The molecule has 0 saturated carbocycles. The minimum Gasteiger partial charge on any atom is -0.369 e. The average Bonchev–Trinajstić information content (AvgIpc) is 2.87. The molecule has 0 aliphatic carbocycles. The van der Waals surface area contributed by atoms with E-state index >= 15 is 0 Å². The zero-order chi connectivity index (χ0) is 14.9. The van der Waals surface area contributed by atoms with Crippen LogP contribution in [0.1, 0.15) is 19.0 Å². The number of aromatic nitrogens is 1. The average molecular weight is 284 g/mol. The Morgan fingerprint density at radius 1 is 1.24 bits per heavy atom. The monoisotopic (exact) mass is 284 g/mol. The highest BCUT2D eigenvalue weighted by molar-refractivity contribution is 5.98. The zero-order valence-corrected chi connectivity index (χ0v) is 11.8. The third-order valence-electron chi connectivity index (χ3n) is 3.96. The Bertz CT molecular complexity index is 654. The van der Waals surface area contributed by atoms with E-state index in [1.54, 1.807) is 6.07 Å². The van der Waals surface area contributed by atoms with Gasteiger partial charge in [-0.25, -0.2) is 4.39 Å². The van der Waals surface area contributed by atoms with Gasteiger partial charge >= 0.3 is 0 Å². The first-order chi connectivity index (χ1) is 10.2. The first-order valence-electron chi connectivity index (χ1n) is 6.94. The molecule has 1 unspecified atom stereocenters. The third-order valence-corrected chi connectivity index (χ3v) is 3.96. The molecule has 0 spiro atoms. The van der Waals surface area contributed by atoms with Crippen LogP contribution in [-0.4, -0.2) is 17.5 Å². The van der Waals surface area contributed by atoms with Crippen LogP contribution in [0.4, 0.5) is 10.1 Å². The van der Waals surface area contributed by atoms with Gasteiger partial charge in [-0.3, -0.25) is 14.9 Å². The molecule has 1 aliphatic heterocycles. The highest BCUT2D eigenvalue weighted by Crippen LogP contribution is 2.38. The highest BCUT2D eigenvalue weighted by atomic mass is 19.1. The van der Waals surface area contributed by atoms with Crippen molar-refractivity contribution >= 4 is 11.6 Å². The fourth-order valence-electron chi connectivity index (χ4n) is 2.83. The van der Waals surface area contributed by atoms with E-state index < -0.39 is 5.54 Å². The molecule has 108 valence electrons. The summed E-state index contributed by atoms with van der Waals surface area (Å²) in [7, 11) is 0. The number of halogens is 1. The molecule has 3 rings (SSSR count). The van der Waals surface area contributed by atoms with Crippen LogP contribution in [0.5, 0.6) is 0 Å². The van der Waals surface area contributed by atoms with Crippen LogP contribution >= 0.6 is 0 Å². The van der Waals surface area contributed by atoms with E-state index in [-0.39, 0.29) is 5.82 Å². The lowest BCUT2D eigenvalue weighted by atomic mass is 9.89. The Kier molecular flexibility index (Phi) is 3.33. The molecule has 0 fully saturated rings. The fourth-order valence-corrected chi connectivity index (χ4v) is 2.83. The van der Waals surface area contributed by atoms with Gasteiger partial charge in [-0.15, -0.1) is 0 Å². The van der Waals surface area contributed by atoms with Gasteiger partial charge in [0.1, 0.15) is 11.4 Å². The maximum Gasteiger partial charge on any atom is 0.196 e. The van der Waals surface area contributed by atoms with Crippen molar-refractivity contribution in [1.82, 2.24) is 4.98 Å². The van der Waals surface area contributed by atoms with Gasteiger partial charge in [-0.2, -0.15) is 0 Å². The fraction of sp³-hybridized carbons (Fsp3) is 0.250. The number of anilines is 1. The van der Waals surface area contributed by atoms with Gasteiger partial charge in [-0.05, 0) is 30.7 Å². The number of benzene rings is 1. The number of hydrogen-bond donors (Lipinski definition) is 1. The lowest BCUT2D eigenvalue weighted by molar-refractivity contribution is 0.446. The van der Waals surface area contributed by atoms with E-state index in [4.69, 9.17) is 5.73 Å². The number of rotatable bonds is 3. The van der Waals surface area contributed by atoms with Crippen molar-refractivity contribution in [2.75, 3.05) is 11.4 Å². The van der Waals surface area contributed by atoms with Crippen molar-refractivity contribution in [3.05, 3.63) is 60.2 Å². The molecule has 21 heavy (non-hydrogen) atoms. The molecule has 0 radical (unpaired) electrons. The number of nitrogens with two attached hydrogens (primary N) is 1. The molecule has 1 aromatic heterocycles. The molecular formula is C16H17FN4. The maximum absolute atomic E-state index is 13.2. The quantitative estimate of drug-likeness (QED) is 0.942. The van der Waals surface area contributed by atoms with Crippen LogP contribution in [0, 0.1) is 5.82 Å². The van der Waals surface area contributed by atoms with E-state index in [1.165, 1.54) is 12.3 Å². The van der Waals surface area contributed by atoms with Crippen LogP contribution in [0.15, 0.2) is 53.7 Å². The van der Waals surface area contributed by atoms with Crippen LogP contribution < -0.4 is 10.6 Å². The number of aliphatic imine (C=N–C) groups is 1. The maximum atomic E-state index is 13.2. The molecule has 1 atom stereocenters. The van der Waals surface area contributed by atoms with Gasteiger partial charge < -0.3 is 5.73 Å². The molecule has 4 nitrogen and oxygen atoms in total. The molecule has 2 heterocycles. The summed E-state index contributed by atoms with van der Waals surface area (Å²) in [6.45, 7) is 2.58. The lowest BCUT2D eigenvalue weighted by Crippen LogP contribution is -2.49. The highest BCUT2D eigenvalue weighted by Gasteiger charge is 2.44. The second kappa shape index (κ2) is 5.16. The van der Waals surface area contributed by atoms with Crippen molar-refractivity contribution in [3.8, 4) is 0 Å². The third kappa shape index (κ3) is 2.14. The minimum absolute atomic E-state index is 0.344. The molecule has 0 bridgehead atoms. The van der Waals surface area contributed by atoms with E-state index in [9.17, 15) is 4.39 Å². The van der Waals surface area contributed by atoms with Gasteiger partial charge in [-0.1, -0.05) is 25.1 Å². The van der Waals surface area contributed by atoms with Gasteiger partial charge in [0.15, 0.2) is 5.96 Å². The minimum atomic E-state index is -0.459. The largest absolute Gasteiger partial charge is 0.369 e. The summed E-state index contributed by atoms with van der Waals surface area (Å²) in [4.78, 5) is 10.7. The van der Waals surface area contributed by atoms with Crippen LogP contribution in [0.25, 0.3) is 0 Å². The van der Waals surface area contributed by atoms with Gasteiger partial charge in [0.05, 0.1) is 18.4 Å².